The predicted octanol–water partition coefficient (Wildman–Crippen LogP) is 2.51. The molecule has 0 amide bonds. The average molecular weight is 285 g/mol. The molecule has 0 aliphatic rings. The van der Waals surface area contributed by atoms with Crippen molar-refractivity contribution in [3.63, 3.8) is 0 Å². The number of hydrogen-bond donors (Lipinski definition) is 3. The number of thioether (sulfide) groups is 1. The van der Waals surface area contributed by atoms with Crippen molar-refractivity contribution in [2.45, 2.75) is 50.2 Å². The van der Waals surface area contributed by atoms with E-state index in [0.29, 0.717) is 12.8 Å². The number of rotatable bonds is 10. The molecule has 0 saturated carbocycles. The standard InChI is InChI=1S/C13H23N3O2S/c1-3-7-16-13(4-2,11(17)18)6-5-10-19-12-14-8-9-15-12/h8-9,16H,3-7,10H2,1-2H3,(H,14,15)(H,17,18). The highest BCUT2D eigenvalue weighted by atomic mass is 32.2. The van der Waals surface area contributed by atoms with Gasteiger partial charge in [-0.25, -0.2) is 4.98 Å². The lowest BCUT2D eigenvalue weighted by Crippen LogP contribution is -2.52. The summed E-state index contributed by atoms with van der Waals surface area (Å²) < 4.78 is 0. The number of imidazole rings is 1. The third-order valence-corrected chi connectivity index (χ3v) is 4.18. The first-order valence-corrected chi connectivity index (χ1v) is 7.73. The maximum Gasteiger partial charge on any atom is 0.323 e. The topological polar surface area (TPSA) is 78.0 Å². The van der Waals surface area contributed by atoms with Crippen molar-refractivity contribution in [1.29, 1.82) is 0 Å². The molecule has 0 fully saturated rings. The van der Waals surface area contributed by atoms with Gasteiger partial charge in [0, 0.05) is 18.1 Å². The van der Waals surface area contributed by atoms with Gasteiger partial charge in [0.1, 0.15) is 5.54 Å². The van der Waals surface area contributed by atoms with Gasteiger partial charge in [-0.2, -0.15) is 0 Å². The molecule has 0 spiro atoms. The van der Waals surface area contributed by atoms with Crippen molar-refractivity contribution in [3.8, 4) is 0 Å². The fourth-order valence-corrected chi connectivity index (χ4v) is 2.73. The zero-order valence-corrected chi connectivity index (χ0v) is 12.4. The number of aromatic amines is 1. The van der Waals surface area contributed by atoms with E-state index in [0.717, 1.165) is 30.3 Å². The van der Waals surface area contributed by atoms with Crippen molar-refractivity contribution in [1.82, 2.24) is 15.3 Å². The normalized spacial score (nSPS) is 14.2. The van der Waals surface area contributed by atoms with Crippen LogP contribution < -0.4 is 5.32 Å². The van der Waals surface area contributed by atoms with Crippen LogP contribution in [0.5, 0.6) is 0 Å². The Kier molecular flexibility index (Phi) is 6.94. The summed E-state index contributed by atoms with van der Waals surface area (Å²) in [4.78, 5) is 18.6. The van der Waals surface area contributed by atoms with Gasteiger partial charge in [-0.1, -0.05) is 25.6 Å². The van der Waals surface area contributed by atoms with Crippen molar-refractivity contribution < 1.29 is 9.90 Å². The van der Waals surface area contributed by atoms with Crippen LogP contribution in [0.2, 0.25) is 0 Å². The molecule has 0 saturated heterocycles. The number of carboxylic acids is 1. The van der Waals surface area contributed by atoms with Crippen LogP contribution in [0.15, 0.2) is 17.6 Å². The van der Waals surface area contributed by atoms with Gasteiger partial charge in [-0.05, 0) is 32.2 Å². The molecule has 0 aliphatic heterocycles. The summed E-state index contributed by atoms with van der Waals surface area (Å²) in [5.74, 6) is 0.127. The third-order valence-electron chi connectivity index (χ3n) is 3.19. The highest BCUT2D eigenvalue weighted by Crippen LogP contribution is 2.21. The molecule has 1 aromatic heterocycles. The molecular formula is C13H23N3O2S. The molecule has 5 nitrogen and oxygen atoms in total. The van der Waals surface area contributed by atoms with Gasteiger partial charge in [0.25, 0.3) is 0 Å². The fourth-order valence-electron chi connectivity index (χ4n) is 1.96. The Morgan fingerprint density at radius 2 is 2.37 bits per heavy atom. The molecule has 1 heterocycles. The number of nitrogens with one attached hydrogen (secondary N) is 2. The minimum Gasteiger partial charge on any atom is -0.480 e. The summed E-state index contributed by atoms with van der Waals surface area (Å²) in [6.45, 7) is 4.71. The minimum atomic E-state index is -0.778. The monoisotopic (exact) mass is 285 g/mol. The lowest BCUT2D eigenvalue weighted by molar-refractivity contribution is -0.145. The molecular weight excluding hydrogens is 262 g/mol. The van der Waals surface area contributed by atoms with Gasteiger partial charge in [0.2, 0.25) is 0 Å². The highest BCUT2D eigenvalue weighted by Gasteiger charge is 2.35. The summed E-state index contributed by atoms with van der Waals surface area (Å²) in [5, 5.41) is 13.5. The second kappa shape index (κ2) is 8.22. The number of nitrogens with zero attached hydrogens (tertiary/aromatic N) is 1. The first-order chi connectivity index (χ1) is 9.14. The van der Waals surface area contributed by atoms with Crippen LogP contribution in [0.25, 0.3) is 0 Å². The van der Waals surface area contributed by atoms with Crippen LogP contribution in [0.4, 0.5) is 0 Å². The Labute approximate surface area is 118 Å². The zero-order chi connectivity index (χ0) is 14.1. The molecule has 1 rings (SSSR count). The van der Waals surface area contributed by atoms with E-state index in [2.05, 4.69) is 15.3 Å². The van der Waals surface area contributed by atoms with Crippen LogP contribution in [0.1, 0.15) is 39.5 Å². The molecule has 0 radical (unpaired) electrons. The second-order valence-corrected chi connectivity index (χ2v) is 5.60. The molecule has 6 heteroatoms. The average Bonchev–Trinajstić information content (AvgIpc) is 2.91. The van der Waals surface area contributed by atoms with E-state index >= 15 is 0 Å². The van der Waals surface area contributed by atoms with E-state index in [-0.39, 0.29) is 0 Å². The molecule has 19 heavy (non-hydrogen) atoms. The first-order valence-electron chi connectivity index (χ1n) is 6.75. The molecule has 1 atom stereocenters. The summed E-state index contributed by atoms with van der Waals surface area (Å²) in [5.41, 5.74) is -0.778. The Hall–Kier alpha value is -1.01. The van der Waals surface area contributed by atoms with E-state index in [9.17, 15) is 9.90 Å². The summed E-state index contributed by atoms with van der Waals surface area (Å²) in [7, 11) is 0. The quantitative estimate of drug-likeness (QED) is 0.455. The zero-order valence-electron chi connectivity index (χ0n) is 11.6. The number of aliphatic carboxylic acids is 1. The van der Waals surface area contributed by atoms with Crippen molar-refractivity contribution in [2.75, 3.05) is 12.3 Å². The Morgan fingerprint density at radius 3 is 2.89 bits per heavy atom. The number of carbonyl (C=O) groups is 1. The van der Waals surface area contributed by atoms with Gasteiger partial charge in [-0.15, -0.1) is 0 Å². The van der Waals surface area contributed by atoms with E-state index in [1.165, 1.54) is 0 Å². The maximum atomic E-state index is 11.5. The minimum absolute atomic E-state index is 0.605. The molecule has 3 N–H and O–H groups in total. The van der Waals surface area contributed by atoms with E-state index < -0.39 is 11.5 Å². The number of hydrogen-bond acceptors (Lipinski definition) is 4. The molecule has 1 unspecified atom stereocenters. The second-order valence-electron chi connectivity index (χ2n) is 4.51. The van der Waals surface area contributed by atoms with E-state index in [4.69, 9.17) is 0 Å². The molecule has 1 aromatic rings. The first kappa shape index (κ1) is 16.0. The SMILES string of the molecule is CCCNC(CC)(CCCSc1ncc[nH]1)C(=O)O. The number of aromatic nitrogens is 2. The van der Waals surface area contributed by atoms with Gasteiger partial charge >= 0.3 is 5.97 Å². The summed E-state index contributed by atoms with van der Waals surface area (Å²) in [6, 6.07) is 0. The fraction of sp³-hybridized carbons (Fsp3) is 0.692. The molecule has 0 aliphatic carbocycles. The lowest BCUT2D eigenvalue weighted by Gasteiger charge is -2.29. The van der Waals surface area contributed by atoms with Gasteiger partial charge < -0.3 is 15.4 Å². The third kappa shape index (κ3) is 4.87. The number of carboxylic acid groups (broad SMARTS) is 1. The lowest BCUT2D eigenvalue weighted by atomic mass is 9.90. The van der Waals surface area contributed by atoms with Gasteiger partial charge in [0.15, 0.2) is 5.16 Å². The predicted molar refractivity (Wildman–Crippen MR) is 77.5 cm³/mol. The largest absolute Gasteiger partial charge is 0.480 e. The Bertz CT molecular complexity index is 370. The molecule has 0 aromatic carbocycles. The Balaban J connectivity index is 2.41. The van der Waals surface area contributed by atoms with Crippen LogP contribution in [-0.4, -0.2) is 38.9 Å². The van der Waals surface area contributed by atoms with E-state index in [1.807, 2.05) is 13.8 Å². The van der Waals surface area contributed by atoms with Gasteiger partial charge in [0.05, 0.1) is 0 Å². The number of H-pyrrole nitrogens is 1. The van der Waals surface area contributed by atoms with Crippen molar-refractivity contribution in [2.24, 2.45) is 0 Å². The van der Waals surface area contributed by atoms with Crippen LogP contribution in [0.3, 0.4) is 0 Å². The Morgan fingerprint density at radius 1 is 1.58 bits per heavy atom. The smallest absolute Gasteiger partial charge is 0.323 e. The van der Waals surface area contributed by atoms with Gasteiger partial charge in [-0.3, -0.25) is 4.79 Å². The highest BCUT2D eigenvalue weighted by molar-refractivity contribution is 7.99. The van der Waals surface area contributed by atoms with Crippen molar-refractivity contribution >= 4 is 17.7 Å². The maximum absolute atomic E-state index is 11.5. The molecule has 108 valence electrons. The van der Waals surface area contributed by atoms with Crippen molar-refractivity contribution in [3.05, 3.63) is 12.4 Å². The van der Waals surface area contributed by atoms with Crippen LogP contribution in [0, 0.1) is 0 Å². The van der Waals surface area contributed by atoms with Crippen LogP contribution >= 0.6 is 11.8 Å². The molecule has 0 bridgehead atoms. The van der Waals surface area contributed by atoms with E-state index in [1.54, 1.807) is 24.2 Å². The summed E-state index contributed by atoms with van der Waals surface area (Å²) in [6.07, 6.45) is 6.55. The van der Waals surface area contributed by atoms with Crippen LogP contribution in [-0.2, 0) is 4.79 Å². The summed E-state index contributed by atoms with van der Waals surface area (Å²) >= 11 is 1.63.